The molecule has 0 aliphatic carbocycles. The second-order valence-corrected chi connectivity index (χ2v) is 9.00. The van der Waals surface area contributed by atoms with Gasteiger partial charge in [0.2, 0.25) is 5.91 Å². The lowest BCUT2D eigenvalue weighted by molar-refractivity contribution is -0.134. The smallest absolute Gasteiger partial charge is 0.226 e. The summed E-state index contributed by atoms with van der Waals surface area (Å²) in [7, 11) is 3.59. The van der Waals surface area contributed by atoms with Crippen molar-refractivity contribution in [2.75, 3.05) is 33.7 Å². The van der Waals surface area contributed by atoms with Crippen molar-refractivity contribution in [2.45, 2.75) is 38.1 Å². The van der Waals surface area contributed by atoms with Gasteiger partial charge in [0.1, 0.15) is 5.82 Å². The van der Waals surface area contributed by atoms with Crippen molar-refractivity contribution < 1.29 is 19.0 Å². The zero-order valence-corrected chi connectivity index (χ0v) is 18.3. The molecule has 6 heteroatoms. The Balaban J connectivity index is 1.44. The molecule has 1 amide bonds. The zero-order chi connectivity index (χ0) is 22.0. The van der Waals surface area contributed by atoms with E-state index in [1.807, 2.05) is 30.3 Å². The summed E-state index contributed by atoms with van der Waals surface area (Å²) in [6.45, 7) is 2.83. The number of hydrogen-bond acceptors (Lipinski definition) is 4. The minimum Gasteiger partial charge on any atom is -0.392 e. The summed E-state index contributed by atoms with van der Waals surface area (Å²) in [5, 5.41) is 9.42. The van der Waals surface area contributed by atoms with E-state index in [1.54, 1.807) is 25.1 Å². The summed E-state index contributed by atoms with van der Waals surface area (Å²) in [5.41, 5.74) is 3.60. The van der Waals surface area contributed by atoms with Crippen LogP contribution in [-0.4, -0.2) is 54.5 Å². The number of nitrogens with zero attached hydrogens (tertiary/aromatic N) is 2. The molecule has 0 radical (unpaired) electrons. The van der Waals surface area contributed by atoms with Crippen LogP contribution < -0.4 is 0 Å². The molecule has 1 atom stereocenters. The third kappa shape index (κ3) is 4.66. The molecule has 1 spiro atoms. The molecule has 2 aliphatic rings. The van der Waals surface area contributed by atoms with E-state index in [2.05, 4.69) is 4.90 Å². The summed E-state index contributed by atoms with van der Waals surface area (Å²) < 4.78 is 20.0. The van der Waals surface area contributed by atoms with Gasteiger partial charge in [-0.3, -0.25) is 4.79 Å². The zero-order valence-electron chi connectivity index (χ0n) is 18.3. The van der Waals surface area contributed by atoms with E-state index in [9.17, 15) is 14.3 Å². The van der Waals surface area contributed by atoms with Crippen molar-refractivity contribution in [1.29, 1.82) is 0 Å². The molecular weight excluding hydrogens is 395 g/mol. The van der Waals surface area contributed by atoms with E-state index in [4.69, 9.17) is 4.74 Å². The van der Waals surface area contributed by atoms with Gasteiger partial charge in [-0.2, -0.15) is 0 Å². The van der Waals surface area contributed by atoms with Crippen LogP contribution in [0, 0.1) is 11.7 Å². The highest BCUT2D eigenvalue weighted by Crippen LogP contribution is 2.44. The predicted octanol–water partition coefficient (Wildman–Crippen LogP) is 3.09. The summed E-state index contributed by atoms with van der Waals surface area (Å²) in [6.07, 6.45) is 2.23. The number of halogens is 1. The maximum atomic E-state index is 13.9. The number of benzene rings is 2. The lowest BCUT2D eigenvalue weighted by atomic mass is 9.83. The summed E-state index contributed by atoms with van der Waals surface area (Å²) >= 11 is 0. The third-order valence-electron chi connectivity index (χ3n) is 6.66. The monoisotopic (exact) mass is 426 g/mol. The van der Waals surface area contributed by atoms with Gasteiger partial charge >= 0.3 is 0 Å². The summed E-state index contributed by atoms with van der Waals surface area (Å²) in [4.78, 5) is 16.9. The number of fused-ring (bicyclic) bond motifs is 2. The molecule has 2 heterocycles. The molecule has 1 N–H and O–H groups in total. The Morgan fingerprint density at radius 3 is 2.65 bits per heavy atom. The Morgan fingerprint density at radius 1 is 1.19 bits per heavy atom. The van der Waals surface area contributed by atoms with Gasteiger partial charge in [0.05, 0.1) is 24.7 Å². The highest BCUT2D eigenvalue weighted by Gasteiger charge is 2.43. The highest BCUT2D eigenvalue weighted by molar-refractivity contribution is 5.78. The van der Waals surface area contributed by atoms with Crippen LogP contribution in [0.15, 0.2) is 42.5 Å². The molecule has 2 aliphatic heterocycles. The number of piperidine rings is 1. The van der Waals surface area contributed by atoms with Crippen LogP contribution in [0.25, 0.3) is 0 Å². The molecular formula is C25H31FN2O3. The normalized spacial score (nSPS) is 18.7. The van der Waals surface area contributed by atoms with Crippen molar-refractivity contribution in [3.8, 4) is 0 Å². The van der Waals surface area contributed by atoms with E-state index >= 15 is 0 Å². The number of amides is 1. The Labute approximate surface area is 183 Å². The number of carbonyl (C=O) groups excluding carboxylic acids is 1. The Hall–Kier alpha value is -2.28. The number of rotatable bonds is 6. The second kappa shape index (κ2) is 9.07. The van der Waals surface area contributed by atoms with Crippen molar-refractivity contribution in [1.82, 2.24) is 9.80 Å². The first-order valence-electron chi connectivity index (χ1n) is 11.0. The van der Waals surface area contributed by atoms with Crippen LogP contribution >= 0.6 is 0 Å². The molecule has 4 rings (SSSR count). The molecule has 0 saturated carbocycles. The molecule has 1 fully saturated rings. The van der Waals surface area contributed by atoms with Crippen molar-refractivity contribution in [3.05, 3.63) is 70.5 Å². The van der Waals surface area contributed by atoms with Gasteiger partial charge in [-0.25, -0.2) is 4.39 Å². The Kier molecular flexibility index (Phi) is 6.42. The molecule has 0 aromatic heterocycles. The van der Waals surface area contributed by atoms with Crippen molar-refractivity contribution in [3.63, 3.8) is 0 Å². The molecule has 1 saturated heterocycles. The first-order chi connectivity index (χ1) is 14.9. The number of ether oxygens (including phenoxy) is 1. The van der Waals surface area contributed by atoms with Crippen LogP contribution in [0.3, 0.4) is 0 Å². The van der Waals surface area contributed by atoms with Crippen LogP contribution in [-0.2, 0) is 34.8 Å². The van der Waals surface area contributed by atoms with Crippen LogP contribution in [0.2, 0.25) is 0 Å². The van der Waals surface area contributed by atoms with Crippen LogP contribution in [0.5, 0.6) is 0 Å². The van der Waals surface area contributed by atoms with E-state index in [0.29, 0.717) is 19.6 Å². The molecule has 31 heavy (non-hydrogen) atoms. The fraction of sp³-hybridized carbons (Fsp3) is 0.480. The standard InChI is InChI=1S/C25H31FN2O3/c1-27(2)24(30)21(13-18-4-3-5-19(12-18)16-29)15-28-10-8-25(9-11-28)23-14-22(26)7-6-20(23)17-31-25/h3-7,12,14,21,29H,8-11,13,15-17H2,1-2H3. The fourth-order valence-electron chi connectivity index (χ4n) is 4.95. The number of aliphatic hydroxyl groups excluding tert-OH is 1. The largest absolute Gasteiger partial charge is 0.392 e. The van der Waals surface area contributed by atoms with E-state index in [-0.39, 0.29) is 24.2 Å². The van der Waals surface area contributed by atoms with Gasteiger partial charge < -0.3 is 19.6 Å². The molecule has 2 aromatic rings. The number of aliphatic hydroxyl groups is 1. The minimum atomic E-state index is -0.398. The second-order valence-electron chi connectivity index (χ2n) is 9.00. The first-order valence-corrected chi connectivity index (χ1v) is 11.0. The quantitative estimate of drug-likeness (QED) is 0.771. The molecule has 1 unspecified atom stereocenters. The van der Waals surface area contributed by atoms with Gasteiger partial charge in [-0.1, -0.05) is 30.3 Å². The Morgan fingerprint density at radius 2 is 1.94 bits per heavy atom. The SMILES string of the molecule is CN(C)C(=O)C(Cc1cccc(CO)c1)CN1CCC2(CC1)OCc1ccc(F)cc12. The molecule has 2 aromatic carbocycles. The van der Waals surface area contributed by atoms with E-state index in [0.717, 1.165) is 48.2 Å². The van der Waals surface area contributed by atoms with E-state index < -0.39 is 5.60 Å². The van der Waals surface area contributed by atoms with Gasteiger partial charge in [-0.05, 0) is 53.6 Å². The number of likely N-dealkylation sites (tertiary alicyclic amines) is 1. The lowest BCUT2D eigenvalue weighted by Gasteiger charge is -2.40. The fourth-order valence-corrected chi connectivity index (χ4v) is 4.95. The van der Waals surface area contributed by atoms with Crippen molar-refractivity contribution in [2.24, 2.45) is 5.92 Å². The minimum absolute atomic E-state index is 0.00356. The number of hydrogen-bond donors (Lipinski definition) is 1. The molecule has 166 valence electrons. The first kappa shape index (κ1) is 21.9. The summed E-state index contributed by atoms with van der Waals surface area (Å²) in [5.74, 6) is -0.265. The maximum Gasteiger partial charge on any atom is 0.226 e. The van der Waals surface area contributed by atoms with Gasteiger partial charge in [0, 0.05) is 33.7 Å². The lowest BCUT2D eigenvalue weighted by Crippen LogP contribution is -2.46. The average molecular weight is 427 g/mol. The van der Waals surface area contributed by atoms with Gasteiger partial charge in [0.25, 0.3) is 0 Å². The third-order valence-corrected chi connectivity index (χ3v) is 6.66. The Bertz CT molecular complexity index is 938. The van der Waals surface area contributed by atoms with Crippen LogP contribution in [0.1, 0.15) is 35.1 Å². The maximum absolute atomic E-state index is 13.9. The summed E-state index contributed by atoms with van der Waals surface area (Å²) in [6, 6.07) is 12.8. The highest BCUT2D eigenvalue weighted by atomic mass is 19.1. The molecule has 0 bridgehead atoms. The molecule has 5 nitrogen and oxygen atoms in total. The van der Waals surface area contributed by atoms with Gasteiger partial charge in [0.15, 0.2) is 0 Å². The van der Waals surface area contributed by atoms with E-state index in [1.165, 1.54) is 6.07 Å². The van der Waals surface area contributed by atoms with Crippen molar-refractivity contribution >= 4 is 5.91 Å². The van der Waals surface area contributed by atoms with Gasteiger partial charge in [-0.15, -0.1) is 0 Å². The van der Waals surface area contributed by atoms with Crippen LogP contribution in [0.4, 0.5) is 4.39 Å². The predicted molar refractivity (Wildman–Crippen MR) is 117 cm³/mol. The topological polar surface area (TPSA) is 53.0 Å². The average Bonchev–Trinajstić information content (AvgIpc) is 3.11. The number of carbonyl (C=O) groups is 1.